The summed E-state index contributed by atoms with van der Waals surface area (Å²) in [6.45, 7) is 4.27. The van der Waals surface area contributed by atoms with E-state index in [1.165, 1.54) is 0 Å². The lowest BCUT2D eigenvalue weighted by atomic mass is 9.85. The number of hydrogen-bond donors (Lipinski definition) is 2. The van der Waals surface area contributed by atoms with Crippen molar-refractivity contribution in [1.29, 1.82) is 0 Å². The van der Waals surface area contributed by atoms with E-state index in [1.807, 2.05) is 6.07 Å². The Morgan fingerprint density at radius 3 is 2.65 bits per heavy atom. The van der Waals surface area contributed by atoms with E-state index >= 15 is 0 Å². The predicted molar refractivity (Wildman–Crippen MR) is 103 cm³/mol. The summed E-state index contributed by atoms with van der Waals surface area (Å²) in [7, 11) is 0. The lowest BCUT2D eigenvalue weighted by Gasteiger charge is -2.35. The van der Waals surface area contributed by atoms with Gasteiger partial charge in [0.15, 0.2) is 11.5 Å². The molecule has 0 aromatic heterocycles. The van der Waals surface area contributed by atoms with Gasteiger partial charge in [-0.2, -0.15) is 0 Å². The zero-order chi connectivity index (χ0) is 17.3. The van der Waals surface area contributed by atoms with Crippen LogP contribution in [0.3, 0.4) is 0 Å². The second-order valence-electron chi connectivity index (χ2n) is 7.71. The molecule has 1 saturated carbocycles. The third-order valence-corrected chi connectivity index (χ3v) is 5.91. The highest BCUT2D eigenvalue weighted by Crippen LogP contribution is 2.42. The first-order chi connectivity index (χ1) is 12.2. The van der Waals surface area contributed by atoms with Crippen molar-refractivity contribution in [3.63, 3.8) is 0 Å². The van der Waals surface area contributed by atoms with Crippen LogP contribution in [0.1, 0.15) is 51.0 Å². The standard InChI is InChI=1S/C20H28N2O3.ClH/c1-14-12-15(6-9-21-14)19(23)22-20(7-2-3-8-20)16-4-5-17-18(13-16)25-11-10-24-17;/h4-5,13-15,21H,2-3,6-12H2,1H3,(H,22,23);1H/t14-,15-;/m0./s1. The number of piperidine rings is 1. The number of carbonyl (C=O) groups is 1. The normalized spacial score (nSPS) is 26.7. The van der Waals surface area contributed by atoms with Crippen LogP contribution in [0.2, 0.25) is 0 Å². The molecule has 0 bridgehead atoms. The monoisotopic (exact) mass is 380 g/mol. The second-order valence-corrected chi connectivity index (χ2v) is 7.71. The van der Waals surface area contributed by atoms with Crippen LogP contribution in [0, 0.1) is 5.92 Å². The summed E-state index contributed by atoms with van der Waals surface area (Å²) in [5.74, 6) is 1.94. The van der Waals surface area contributed by atoms with E-state index < -0.39 is 0 Å². The predicted octanol–water partition coefficient (Wildman–Crippen LogP) is 3.15. The number of halogens is 1. The van der Waals surface area contributed by atoms with Crippen LogP contribution in [-0.2, 0) is 10.3 Å². The average Bonchev–Trinajstić information content (AvgIpc) is 3.11. The van der Waals surface area contributed by atoms with Gasteiger partial charge in [-0.25, -0.2) is 0 Å². The van der Waals surface area contributed by atoms with Gasteiger partial charge in [-0.15, -0.1) is 12.4 Å². The van der Waals surface area contributed by atoms with Crippen LogP contribution in [0.4, 0.5) is 0 Å². The fourth-order valence-electron chi connectivity index (χ4n) is 4.51. The van der Waals surface area contributed by atoms with Gasteiger partial charge in [-0.3, -0.25) is 4.79 Å². The van der Waals surface area contributed by atoms with Gasteiger partial charge in [0.2, 0.25) is 5.91 Å². The molecule has 1 amide bonds. The van der Waals surface area contributed by atoms with Crippen molar-refractivity contribution in [1.82, 2.24) is 10.6 Å². The molecule has 26 heavy (non-hydrogen) atoms. The molecular weight excluding hydrogens is 352 g/mol. The Labute approximate surface area is 161 Å². The molecule has 2 atom stereocenters. The van der Waals surface area contributed by atoms with E-state index in [9.17, 15) is 4.79 Å². The van der Waals surface area contributed by atoms with Crippen molar-refractivity contribution >= 4 is 18.3 Å². The number of carbonyl (C=O) groups excluding carboxylic acids is 1. The molecule has 6 heteroatoms. The molecule has 0 radical (unpaired) electrons. The number of hydrogen-bond acceptors (Lipinski definition) is 4. The Morgan fingerprint density at radius 2 is 1.92 bits per heavy atom. The summed E-state index contributed by atoms with van der Waals surface area (Å²) in [4.78, 5) is 13.0. The van der Waals surface area contributed by atoms with Crippen LogP contribution in [0.5, 0.6) is 11.5 Å². The lowest BCUT2D eigenvalue weighted by molar-refractivity contribution is -0.128. The van der Waals surface area contributed by atoms with E-state index in [0.717, 1.165) is 62.1 Å². The SMILES string of the molecule is C[C@H]1C[C@@H](C(=O)NC2(c3ccc4c(c3)OCCO4)CCCC2)CCN1.Cl. The molecule has 3 aliphatic rings. The van der Waals surface area contributed by atoms with Crippen LogP contribution < -0.4 is 20.1 Å². The molecule has 1 saturated heterocycles. The van der Waals surface area contributed by atoms with Crippen molar-refractivity contribution in [2.45, 2.75) is 57.0 Å². The van der Waals surface area contributed by atoms with Crippen LogP contribution >= 0.6 is 12.4 Å². The third-order valence-electron chi connectivity index (χ3n) is 5.91. The number of ether oxygens (including phenoxy) is 2. The Hall–Kier alpha value is -1.46. The van der Waals surface area contributed by atoms with Gasteiger partial charge in [0.25, 0.3) is 0 Å². The maximum Gasteiger partial charge on any atom is 0.223 e. The van der Waals surface area contributed by atoms with Gasteiger partial charge in [-0.05, 0) is 56.8 Å². The Bertz CT molecular complexity index is 646. The van der Waals surface area contributed by atoms with Crippen molar-refractivity contribution in [3.05, 3.63) is 23.8 Å². The molecule has 2 heterocycles. The molecular formula is C20H29ClN2O3. The Kier molecular flexibility index (Phi) is 5.98. The zero-order valence-electron chi connectivity index (χ0n) is 15.4. The van der Waals surface area contributed by atoms with Crippen LogP contribution in [-0.4, -0.2) is 31.7 Å². The summed E-state index contributed by atoms with van der Waals surface area (Å²) in [5, 5.41) is 6.87. The van der Waals surface area contributed by atoms with Crippen LogP contribution in [0.15, 0.2) is 18.2 Å². The maximum atomic E-state index is 13.0. The highest BCUT2D eigenvalue weighted by Gasteiger charge is 2.39. The Balaban J connectivity index is 0.00000196. The van der Waals surface area contributed by atoms with Crippen molar-refractivity contribution in [2.75, 3.05) is 19.8 Å². The number of fused-ring (bicyclic) bond motifs is 1. The summed E-state index contributed by atoms with van der Waals surface area (Å²) in [6.07, 6.45) is 6.14. The zero-order valence-corrected chi connectivity index (χ0v) is 16.2. The Morgan fingerprint density at radius 1 is 1.19 bits per heavy atom. The molecule has 1 aliphatic carbocycles. The second kappa shape index (κ2) is 8.05. The average molecular weight is 381 g/mol. The number of rotatable bonds is 3. The minimum Gasteiger partial charge on any atom is -0.486 e. The lowest BCUT2D eigenvalue weighted by Crippen LogP contribution is -2.49. The smallest absolute Gasteiger partial charge is 0.223 e. The van der Waals surface area contributed by atoms with E-state index in [4.69, 9.17) is 9.47 Å². The fraction of sp³-hybridized carbons (Fsp3) is 0.650. The molecule has 1 aromatic rings. The van der Waals surface area contributed by atoms with Gasteiger partial charge >= 0.3 is 0 Å². The van der Waals surface area contributed by atoms with E-state index in [0.29, 0.717) is 19.3 Å². The molecule has 144 valence electrons. The summed E-state index contributed by atoms with van der Waals surface area (Å²) < 4.78 is 11.4. The first-order valence-electron chi connectivity index (χ1n) is 9.62. The van der Waals surface area contributed by atoms with Gasteiger partial charge in [0.1, 0.15) is 13.2 Å². The quantitative estimate of drug-likeness (QED) is 0.845. The number of nitrogens with one attached hydrogen (secondary N) is 2. The van der Waals surface area contributed by atoms with Gasteiger partial charge in [0, 0.05) is 12.0 Å². The number of amides is 1. The molecule has 1 aromatic carbocycles. The summed E-state index contributed by atoms with van der Waals surface area (Å²) in [6, 6.07) is 6.58. The first-order valence-corrected chi connectivity index (χ1v) is 9.62. The van der Waals surface area contributed by atoms with Gasteiger partial charge < -0.3 is 20.1 Å². The molecule has 2 fully saturated rings. The molecule has 0 unspecified atom stereocenters. The molecule has 4 rings (SSSR count). The molecule has 2 aliphatic heterocycles. The first kappa shape index (κ1) is 19.3. The van der Waals surface area contributed by atoms with E-state index in [2.05, 4.69) is 29.7 Å². The molecule has 2 N–H and O–H groups in total. The van der Waals surface area contributed by atoms with Crippen LogP contribution in [0.25, 0.3) is 0 Å². The highest BCUT2D eigenvalue weighted by atomic mass is 35.5. The van der Waals surface area contributed by atoms with E-state index in [1.54, 1.807) is 0 Å². The van der Waals surface area contributed by atoms with E-state index in [-0.39, 0.29) is 29.8 Å². The summed E-state index contributed by atoms with van der Waals surface area (Å²) in [5.41, 5.74) is 0.908. The topological polar surface area (TPSA) is 59.6 Å². The van der Waals surface area contributed by atoms with Gasteiger partial charge in [-0.1, -0.05) is 18.9 Å². The minimum absolute atomic E-state index is 0. The maximum absolute atomic E-state index is 13.0. The highest BCUT2D eigenvalue weighted by molar-refractivity contribution is 5.85. The van der Waals surface area contributed by atoms with Crippen molar-refractivity contribution in [2.24, 2.45) is 5.92 Å². The van der Waals surface area contributed by atoms with Crippen molar-refractivity contribution < 1.29 is 14.3 Å². The third kappa shape index (κ3) is 3.79. The molecule has 5 nitrogen and oxygen atoms in total. The minimum atomic E-state index is -0.249. The number of benzene rings is 1. The summed E-state index contributed by atoms with van der Waals surface area (Å²) >= 11 is 0. The molecule has 0 spiro atoms. The van der Waals surface area contributed by atoms with Gasteiger partial charge in [0.05, 0.1) is 5.54 Å². The fourth-order valence-corrected chi connectivity index (χ4v) is 4.51. The van der Waals surface area contributed by atoms with Crippen molar-refractivity contribution in [3.8, 4) is 11.5 Å². The largest absolute Gasteiger partial charge is 0.486 e.